The molecule has 1 atom stereocenters. The fourth-order valence-corrected chi connectivity index (χ4v) is 4.56. The molecule has 0 saturated carbocycles. The van der Waals surface area contributed by atoms with E-state index in [9.17, 15) is 13.6 Å². The maximum absolute atomic E-state index is 13.6. The van der Waals surface area contributed by atoms with Crippen molar-refractivity contribution < 1.29 is 8.78 Å². The van der Waals surface area contributed by atoms with Gasteiger partial charge in [-0.05, 0) is 31.2 Å². The van der Waals surface area contributed by atoms with Crippen molar-refractivity contribution in [3.05, 3.63) is 76.2 Å². The van der Waals surface area contributed by atoms with E-state index in [0.717, 1.165) is 16.6 Å². The average molecular weight is 526 g/mol. The van der Waals surface area contributed by atoms with Gasteiger partial charge in [-0.25, -0.2) is 23.7 Å². The number of fused-ring (bicyclic) bond motifs is 1. The maximum atomic E-state index is 13.6. The van der Waals surface area contributed by atoms with E-state index in [1.165, 1.54) is 6.20 Å². The molecule has 4 aromatic rings. The Morgan fingerprint density at radius 2 is 1.78 bits per heavy atom. The lowest BCUT2D eigenvalue weighted by atomic mass is 10.1. The Morgan fingerprint density at radius 3 is 2.51 bits per heavy atom. The molecule has 0 bridgehead atoms. The van der Waals surface area contributed by atoms with E-state index in [1.54, 1.807) is 42.2 Å². The summed E-state index contributed by atoms with van der Waals surface area (Å²) in [5.74, 6) is -1.44. The largest absolute Gasteiger partial charge is 0.375 e. The molecule has 192 valence electrons. The number of aryl methyl sites for hydroxylation is 1. The third-order valence-electron chi connectivity index (χ3n) is 6.53. The Morgan fingerprint density at radius 1 is 1.05 bits per heavy atom. The topological polar surface area (TPSA) is 88.0 Å². The lowest BCUT2D eigenvalue weighted by molar-refractivity contribution is -0.0221. The first-order chi connectivity index (χ1) is 17.7. The quantitative estimate of drug-likeness (QED) is 0.342. The predicted molar refractivity (Wildman–Crippen MR) is 142 cm³/mol. The van der Waals surface area contributed by atoms with Crippen LogP contribution in [-0.4, -0.2) is 38.5 Å². The molecule has 8 nitrogen and oxygen atoms in total. The lowest BCUT2D eigenvalue weighted by Gasteiger charge is -2.32. The van der Waals surface area contributed by atoms with Crippen LogP contribution >= 0.6 is 11.6 Å². The van der Waals surface area contributed by atoms with Gasteiger partial charge in [0.1, 0.15) is 11.6 Å². The molecule has 3 aromatic heterocycles. The van der Waals surface area contributed by atoms with Crippen molar-refractivity contribution >= 4 is 45.4 Å². The predicted octanol–water partition coefficient (Wildman–Crippen LogP) is 5.53. The highest BCUT2D eigenvalue weighted by atomic mass is 35.5. The number of pyridine rings is 2. The molecule has 11 heteroatoms. The molecule has 1 aromatic carbocycles. The summed E-state index contributed by atoms with van der Waals surface area (Å²) in [6, 6.07) is 10.5. The van der Waals surface area contributed by atoms with Gasteiger partial charge < -0.3 is 20.1 Å². The number of halogens is 3. The summed E-state index contributed by atoms with van der Waals surface area (Å²) in [7, 11) is 1.72. The maximum Gasteiger partial charge on any atom is 0.252 e. The number of nitrogens with zero attached hydrogens (tertiary/aromatic N) is 5. The molecule has 2 N–H and O–H groups in total. The molecule has 0 radical (unpaired) electrons. The number of benzene rings is 1. The second-order valence-corrected chi connectivity index (χ2v) is 9.56. The molecular formula is C26H26ClF2N7O. The molecule has 5 rings (SSSR count). The van der Waals surface area contributed by atoms with Gasteiger partial charge in [0.05, 0.1) is 28.5 Å². The first-order valence-electron chi connectivity index (χ1n) is 11.9. The van der Waals surface area contributed by atoms with Crippen molar-refractivity contribution in [2.45, 2.75) is 31.7 Å². The van der Waals surface area contributed by atoms with E-state index >= 15 is 0 Å². The SMILES string of the molecule is CC(Nc1cc(=O)n(C)c2ccc(Nc3cc(N4CCC(F)(F)CC4)ncc3Cl)cc12)c1ncccn1. The molecular weight excluding hydrogens is 500 g/mol. The van der Waals surface area contributed by atoms with Crippen LogP contribution in [0.4, 0.5) is 31.7 Å². The van der Waals surface area contributed by atoms with Gasteiger partial charge in [-0.2, -0.15) is 0 Å². The molecule has 1 saturated heterocycles. The van der Waals surface area contributed by atoms with Crippen LogP contribution in [0.5, 0.6) is 0 Å². The number of hydrogen-bond acceptors (Lipinski definition) is 7. The van der Waals surface area contributed by atoms with E-state index in [2.05, 4.69) is 25.6 Å². The van der Waals surface area contributed by atoms with Crippen LogP contribution < -0.4 is 21.1 Å². The molecule has 1 aliphatic heterocycles. The number of anilines is 4. The highest BCUT2D eigenvalue weighted by Gasteiger charge is 2.34. The Bertz CT molecular complexity index is 1490. The normalized spacial score (nSPS) is 16.0. The van der Waals surface area contributed by atoms with Crippen LogP contribution in [0.15, 0.2) is 59.8 Å². The second kappa shape index (κ2) is 9.93. The number of piperidine rings is 1. The number of nitrogens with one attached hydrogen (secondary N) is 2. The first-order valence-corrected chi connectivity index (χ1v) is 12.3. The zero-order valence-corrected chi connectivity index (χ0v) is 21.1. The molecule has 0 aliphatic carbocycles. The fraction of sp³-hybridized carbons (Fsp3) is 0.308. The van der Waals surface area contributed by atoms with E-state index in [4.69, 9.17) is 11.6 Å². The summed E-state index contributed by atoms with van der Waals surface area (Å²) < 4.78 is 28.8. The zero-order valence-electron chi connectivity index (χ0n) is 20.4. The monoisotopic (exact) mass is 525 g/mol. The Hall–Kier alpha value is -3.79. The number of alkyl halides is 2. The van der Waals surface area contributed by atoms with Crippen LogP contribution in [0.2, 0.25) is 5.02 Å². The summed E-state index contributed by atoms with van der Waals surface area (Å²) in [6.45, 7) is 2.38. The average Bonchev–Trinajstić information content (AvgIpc) is 2.89. The summed E-state index contributed by atoms with van der Waals surface area (Å²) in [5.41, 5.74) is 2.59. The number of hydrogen-bond donors (Lipinski definition) is 2. The van der Waals surface area contributed by atoms with Gasteiger partial charge in [0.15, 0.2) is 0 Å². The third kappa shape index (κ3) is 5.34. The minimum absolute atomic E-state index is 0.147. The second-order valence-electron chi connectivity index (χ2n) is 9.15. The highest BCUT2D eigenvalue weighted by molar-refractivity contribution is 6.33. The molecule has 0 spiro atoms. The van der Waals surface area contributed by atoms with Gasteiger partial charge >= 0.3 is 0 Å². The summed E-state index contributed by atoms with van der Waals surface area (Å²) >= 11 is 6.43. The van der Waals surface area contributed by atoms with Crippen molar-refractivity contribution in [2.24, 2.45) is 7.05 Å². The number of aromatic nitrogens is 4. The first kappa shape index (κ1) is 24.9. The van der Waals surface area contributed by atoms with E-state index in [1.807, 2.05) is 30.0 Å². The van der Waals surface area contributed by atoms with Gasteiger partial charge in [0.2, 0.25) is 0 Å². The molecule has 37 heavy (non-hydrogen) atoms. The van der Waals surface area contributed by atoms with Crippen molar-refractivity contribution in [2.75, 3.05) is 28.6 Å². The van der Waals surface area contributed by atoms with Gasteiger partial charge in [-0.1, -0.05) is 11.6 Å². The van der Waals surface area contributed by atoms with Crippen LogP contribution in [0.1, 0.15) is 31.6 Å². The Balaban J connectivity index is 1.45. The van der Waals surface area contributed by atoms with Gasteiger partial charge in [0.25, 0.3) is 11.5 Å². The van der Waals surface area contributed by atoms with Crippen LogP contribution in [0.3, 0.4) is 0 Å². The molecule has 0 amide bonds. The van der Waals surface area contributed by atoms with E-state index in [0.29, 0.717) is 28.0 Å². The summed E-state index contributed by atoms with van der Waals surface area (Å²) in [5, 5.41) is 7.90. The van der Waals surface area contributed by atoms with Gasteiger partial charge in [0, 0.05) is 74.3 Å². The smallest absolute Gasteiger partial charge is 0.252 e. The third-order valence-corrected chi connectivity index (χ3v) is 6.83. The summed E-state index contributed by atoms with van der Waals surface area (Å²) in [4.78, 5) is 27.4. The van der Waals surface area contributed by atoms with Crippen LogP contribution in [0.25, 0.3) is 10.9 Å². The van der Waals surface area contributed by atoms with E-state index in [-0.39, 0.29) is 37.5 Å². The standard InChI is InChI=1S/C26H26ClF2N7O/c1-16(25-30-8-3-9-31-25)33-20-14-24(37)35(2)22-5-4-17(12-18(20)22)34-21-13-23(32-15-19(21)27)36-10-6-26(28,29)7-11-36/h3-5,8-9,12-16,33H,6-7,10-11H2,1-2H3,(H,32,34). The van der Waals surface area contributed by atoms with Crippen molar-refractivity contribution in [1.29, 1.82) is 0 Å². The van der Waals surface area contributed by atoms with Crippen molar-refractivity contribution in [1.82, 2.24) is 19.5 Å². The minimum Gasteiger partial charge on any atom is -0.375 e. The molecule has 1 aliphatic rings. The zero-order chi connectivity index (χ0) is 26.2. The van der Waals surface area contributed by atoms with E-state index < -0.39 is 5.92 Å². The molecule has 1 fully saturated rings. The minimum atomic E-state index is -2.63. The van der Waals surface area contributed by atoms with Crippen molar-refractivity contribution in [3.8, 4) is 0 Å². The Kier molecular flexibility index (Phi) is 6.68. The van der Waals surface area contributed by atoms with Crippen LogP contribution in [-0.2, 0) is 7.05 Å². The fourth-order valence-electron chi connectivity index (χ4n) is 4.41. The summed E-state index contributed by atoms with van der Waals surface area (Å²) in [6.07, 6.45) is 4.46. The number of rotatable bonds is 6. The molecule has 4 heterocycles. The molecule has 1 unspecified atom stereocenters. The van der Waals surface area contributed by atoms with Gasteiger partial charge in [-0.3, -0.25) is 4.79 Å². The van der Waals surface area contributed by atoms with Crippen molar-refractivity contribution in [3.63, 3.8) is 0 Å². The van der Waals surface area contributed by atoms with Crippen LogP contribution in [0, 0.1) is 0 Å². The highest BCUT2D eigenvalue weighted by Crippen LogP contribution is 2.34. The van der Waals surface area contributed by atoms with Gasteiger partial charge in [-0.15, -0.1) is 0 Å². The lowest BCUT2D eigenvalue weighted by Crippen LogP contribution is -2.39. The Labute approximate surface area is 217 Å².